The molecular weight excluding hydrogens is 362 g/mol. The third-order valence-electron chi connectivity index (χ3n) is 3.51. The largest absolute Gasteiger partial charge is 0.351 e. The normalized spacial score (nSPS) is 11.9. The summed E-state index contributed by atoms with van der Waals surface area (Å²) in [5.74, 6) is 0. The van der Waals surface area contributed by atoms with Gasteiger partial charge < -0.3 is 4.98 Å². The van der Waals surface area contributed by atoms with E-state index in [1.165, 1.54) is 11.3 Å². The highest BCUT2D eigenvalue weighted by Crippen LogP contribution is 2.31. The van der Waals surface area contributed by atoms with Gasteiger partial charge in [0.25, 0.3) is 10.0 Å². The molecule has 0 radical (unpaired) electrons. The molecule has 4 aromatic rings. The lowest BCUT2D eigenvalue weighted by molar-refractivity contribution is 0.603. The van der Waals surface area contributed by atoms with Gasteiger partial charge in [0.1, 0.15) is 9.22 Å². The second kappa shape index (κ2) is 5.73. The molecule has 3 heterocycles. The number of thiophene rings is 1. The van der Waals surface area contributed by atoms with Gasteiger partial charge in [-0.1, -0.05) is 18.2 Å². The lowest BCUT2D eigenvalue weighted by Gasteiger charge is -2.07. The van der Waals surface area contributed by atoms with Crippen LogP contribution < -0.4 is 4.72 Å². The lowest BCUT2D eigenvalue weighted by Crippen LogP contribution is -2.11. The molecule has 122 valence electrons. The molecule has 0 atom stereocenters. The summed E-state index contributed by atoms with van der Waals surface area (Å²) in [5, 5.41) is 5.55. The SMILES string of the molecule is Cc1csc(-c2cc3cccc(NS(=O)(=O)c4cccs4)c3[nH]2)n1. The molecule has 0 fully saturated rings. The Kier molecular flexibility index (Phi) is 3.67. The molecule has 0 spiro atoms. The molecule has 0 amide bonds. The number of aromatic nitrogens is 2. The first-order valence-corrected chi connectivity index (χ1v) is 10.4. The fraction of sp³-hybridized carbons (Fsp3) is 0.0625. The number of rotatable bonds is 4. The maximum absolute atomic E-state index is 12.5. The fourth-order valence-electron chi connectivity index (χ4n) is 2.45. The van der Waals surface area contributed by atoms with Crippen LogP contribution in [-0.4, -0.2) is 18.4 Å². The summed E-state index contributed by atoms with van der Waals surface area (Å²) in [6, 6.07) is 10.8. The van der Waals surface area contributed by atoms with Crippen LogP contribution in [0.3, 0.4) is 0 Å². The number of anilines is 1. The number of hydrogen-bond acceptors (Lipinski definition) is 5. The zero-order valence-corrected chi connectivity index (χ0v) is 15.1. The molecule has 2 N–H and O–H groups in total. The van der Waals surface area contributed by atoms with Gasteiger partial charge in [-0.2, -0.15) is 0 Å². The van der Waals surface area contributed by atoms with Gasteiger partial charge >= 0.3 is 0 Å². The lowest BCUT2D eigenvalue weighted by atomic mass is 10.2. The molecule has 4 rings (SSSR count). The third-order valence-corrected chi connectivity index (χ3v) is 7.27. The highest BCUT2D eigenvalue weighted by molar-refractivity contribution is 7.94. The van der Waals surface area contributed by atoms with Crippen molar-refractivity contribution in [1.82, 2.24) is 9.97 Å². The molecule has 0 saturated carbocycles. The summed E-state index contributed by atoms with van der Waals surface area (Å²) in [4.78, 5) is 7.76. The molecule has 0 aliphatic heterocycles. The van der Waals surface area contributed by atoms with Crippen LogP contribution in [0, 0.1) is 6.92 Å². The van der Waals surface area contributed by atoms with E-state index < -0.39 is 10.0 Å². The smallest absolute Gasteiger partial charge is 0.271 e. The zero-order chi connectivity index (χ0) is 16.7. The Morgan fingerprint density at radius 2 is 2.04 bits per heavy atom. The second-order valence-electron chi connectivity index (χ2n) is 5.28. The van der Waals surface area contributed by atoms with Crippen LogP contribution in [-0.2, 0) is 10.0 Å². The molecule has 3 aromatic heterocycles. The van der Waals surface area contributed by atoms with Crippen LogP contribution in [0.15, 0.2) is 51.4 Å². The van der Waals surface area contributed by atoms with Crippen molar-refractivity contribution in [3.8, 4) is 10.7 Å². The number of para-hydroxylation sites is 1. The van der Waals surface area contributed by atoms with Crippen LogP contribution in [0.1, 0.15) is 5.69 Å². The molecule has 1 aromatic carbocycles. The van der Waals surface area contributed by atoms with Gasteiger partial charge in [-0.25, -0.2) is 13.4 Å². The number of thiazole rings is 1. The van der Waals surface area contributed by atoms with Crippen molar-refractivity contribution >= 4 is 49.3 Å². The number of fused-ring (bicyclic) bond motifs is 1. The quantitative estimate of drug-likeness (QED) is 0.553. The average molecular weight is 376 g/mol. The number of nitrogens with zero attached hydrogens (tertiary/aromatic N) is 1. The summed E-state index contributed by atoms with van der Waals surface area (Å²) >= 11 is 2.75. The van der Waals surface area contributed by atoms with E-state index in [-0.39, 0.29) is 0 Å². The van der Waals surface area contributed by atoms with E-state index in [9.17, 15) is 8.42 Å². The highest BCUT2D eigenvalue weighted by Gasteiger charge is 2.17. The van der Waals surface area contributed by atoms with E-state index in [1.54, 1.807) is 34.9 Å². The van der Waals surface area contributed by atoms with Crippen molar-refractivity contribution in [2.75, 3.05) is 4.72 Å². The van der Waals surface area contributed by atoms with Gasteiger partial charge in [0.15, 0.2) is 0 Å². The van der Waals surface area contributed by atoms with Crippen molar-refractivity contribution < 1.29 is 8.42 Å². The number of aryl methyl sites for hydroxylation is 1. The van der Waals surface area contributed by atoms with Crippen molar-refractivity contribution in [1.29, 1.82) is 0 Å². The number of hydrogen-bond donors (Lipinski definition) is 2. The molecule has 8 heteroatoms. The van der Waals surface area contributed by atoms with E-state index in [4.69, 9.17) is 0 Å². The molecular formula is C16H13N3O2S3. The van der Waals surface area contributed by atoms with Gasteiger partial charge in [0.05, 0.1) is 16.9 Å². The van der Waals surface area contributed by atoms with Crippen LogP contribution in [0.5, 0.6) is 0 Å². The first-order valence-electron chi connectivity index (χ1n) is 7.13. The Bertz CT molecular complexity index is 1110. The maximum atomic E-state index is 12.5. The topological polar surface area (TPSA) is 74.8 Å². The molecule has 0 unspecified atom stereocenters. The Morgan fingerprint density at radius 1 is 1.17 bits per heavy atom. The summed E-state index contributed by atoms with van der Waals surface area (Å²) in [6.45, 7) is 1.95. The zero-order valence-electron chi connectivity index (χ0n) is 12.6. The highest BCUT2D eigenvalue weighted by atomic mass is 32.2. The minimum absolute atomic E-state index is 0.293. The third kappa shape index (κ3) is 2.72. The van der Waals surface area contributed by atoms with Crippen LogP contribution >= 0.6 is 22.7 Å². The summed E-state index contributed by atoms with van der Waals surface area (Å²) in [6.07, 6.45) is 0. The minimum atomic E-state index is -3.58. The minimum Gasteiger partial charge on any atom is -0.351 e. The summed E-state index contributed by atoms with van der Waals surface area (Å²) in [5.41, 5.74) is 3.12. The van der Waals surface area contributed by atoms with Crippen molar-refractivity contribution in [2.24, 2.45) is 0 Å². The number of aromatic amines is 1. The van der Waals surface area contributed by atoms with Crippen molar-refractivity contribution in [3.05, 3.63) is 52.9 Å². The van der Waals surface area contributed by atoms with Gasteiger partial charge in [0.2, 0.25) is 0 Å². The summed E-state index contributed by atoms with van der Waals surface area (Å²) < 4.78 is 27.9. The molecule has 0 bridgehead atoms. The van der Waals surface area contributed by atoms with E-state index in [1.807, 2.05) is 30.5 Å². The molecule has 0 aliphatic carbocycles. The van der Waals surface area contributed by atoms with Gasteiger partial charge in [-0.05, 0) is 30.5 Å². The maximum Gasteiger partial charge on any atom is 0.271 e. The Balaban J connectivity index is 1.78. The van der Waals surface area contributed by atoms with Gasteiger partial charge in [-0.15, -0.1) is 22.7 Å². The first kappa shape index (κ1) is 15.4. The molecule has 0 aliphatic rings. The number of benzene rings is 1. The number of H-pyrrole nitrogens is 1. The Hall–Kier alpha value is -2.16. The van der Waals surface area contributed by atoms with Crippen molar-refractivity contribution in [3.63, 3.8) is 0 Å². The van der Waals surface area contributed by atoms with E-state index in [0.717, 1.165) is 27.3 Å². The second-order valence-corrected chi connectivity index (χ2v) is 9.00. The first-order chi connectivity index (χ1) is 11.5. The number of nitrogens with one attached hydrogen (secondary N) is 2. The molecule has 0 saturated heterocycles. The monoisotopic (exact) mass is 375 g/mol. The fourth-order valence-corrected chi connectivity index (χ4v) is 5.28. The Labute approximate surface area is 147 Å². The van der Waals surface area contributed by atoms with E-state index in [2.05, 4.69) is 14.7 Å². The molecule has 24 heavy (non-hydrogen) atoms. The number of sulfonamides is 1. The van der Waals surface area contributed by atoms with E-state index >= 15 is 0 Å². The van der Waals surface area contributed by atoms with E-state index in [0.29, 0.717) is 9.90 Å². The van der Waals surface area contributed by atoms with Gasteiger partial charge in [-0.3, -0.25) is 4.72 Å². The van der Waals surface area contributed by atoms with Crippen molar-refractivity contribution in [2.45, 2.75) is 11.1 Å². The Morgan fingerprint density at radius 3 is 2.75 bits per heavy atom. The van der Waals surface area contributed by atoms with Crippen LogP contribution in [0.4, 0.5) is 5.69 Å². The molecule has 5 nitrogen and oxygen atoms in total. The predicted octanol–water partition coefficient (Wildman–Crippen LogP) is 4.46. The predicted molar refractivity (Wildman–Crippen MR) is 99.3 cm³/mol. The van der Waals surface area contributed by atoms with Crippen LogP contribution in [0.25, 0.3) is 21.6 Å². The van der Waals surface area contributed by atoms with Crippen LogP contribution in [0.2, 0.25) is 0 Å². The van der Waals surface area contributed by atoms with Gasteiger partial charge in [0, 0.05) is 16.5 Å². The summed E-state index contributed by atoms with van der Waals surface area (Å²) in [7, 11) is -3.58. The standard InChI is InChI=1S/C16H13N3O2S3/c1-10-9-23-16(17-10)13-8-11-4-2-5-12(15(11)18-13)19-24(20,21)14-6-3-7-22-14/h2-9,18-19H,1H3. The average Bonchev–Trinajstić information content (AvgIpc) is 3.27.